The number of benzene rings is 1. The van der Waals surface area contributed by atoms with Crippen molar-refractivity contribution in [2.24, 2.45) is 5.73 Å². The van der Waals surface area contributed by atoms with Gasteiger partial charge < -0.3 is 15.8 Å². The molecule has 0 radical (unpaired) electrons. The standard InChI is InChI=1S/C9H10Cl2N2O2/c1-15-8-3-5(10)7(2-6(8)11)13-4-9(12)14/h2-3,13H,4H2,1H3,(H2,12,14). The number of rotatable bonds is 4. The van der Waals surface area contributed by atoms with E-state index in [-0.39, 0.29) is 6.54 Å². The lowest BCUT2D eigenvalue weighted by atomic mass is 10.3. The van der Waals surface area contributed by atoms with Crippen LogP contribution in [-0.4, -0.2) is 19.6 Å². The topological polar surface area (TPSA) is 64.3 Å². The normalized spacial score (nSPS) is 9.80. The summed E-state index contributed by atoms with van der Waals surface area (Å²) in [6, 6.07) is 3.14. The van der Waals surface area contributed by atoms with Crippen molar-refractivity contribution in [1.29, 1.82) is 0 Å². The van der Waals surface area contributed by atoms with E-state index in [4.69, 9.17) is 33.7 Å². The number of methoxy groups -OCH3 is 1. The first-order valence-electron chi connectivity index (χ1n) is 4.09. The molecule has 1 amide bonds. The van der Waals surface area contributed by atoms with Crippen LogP contribution >= 0.6 is 23.2 Å². The summed E-state index contributed by atoms with van der Waals surface area (Å²) in [6.07, 6.45) is 0. The average molecular weight is 249 g/mol. The largest absolute Gasteiger partial charge is 0.495 e. The Bertz CT molecular complexity index is 383. The molecule has 1 rings (SSSR count). The van der Waals surface area contributed by atoms with E-state index < -0.39 is 5.91 Å². The van der Waals surface area contributed by atoms with Crippen molar-refractivity contribution in [3.05, 3.63) is 22.2 Å². The Labute approximate surface area is 97.3 Å². The molecular formula is C9H10Cl2N2O2. The fraction of sp³-hybridized carbons (Fsp3) is 0.222. The van der Waals surface area contributed by atoms with Crippen LogP contribution in [0.25, 0.3) is 0 Å². The molecule has 0 saturated heterocycles. The summed E-state index contributed by atoms with van der Waals surface area (Å²) in [6.45, 7) is 0.00236. The van der Waals surface area contributed by atoms with Gasteiger partial charge in [0.2, 0.25) is 5.91 Å². The quantitative estimate of drug-likeness (QED) is 0.856. The number of carbonyl (C=O) groups excluding carboxylic acids is 1. The molecule has 0 atom stereocenters. The number of hydrogen-bond acceptors (Lipinski definition) is 3. The first kappa shape index (κ1) is 11.9. The van der Waals surface area contributed by atoms with E-state index in [1.54, 1.807) is 12.1 Å². The van der Waals surface area contributed by atoms with Crippen LogP contribution < -0.4 is 15.8 Å². The Kier molecular flexibility index (Phi) is 4.05. The van der Waals surface area contributed by atoms with Crippen LogP contribution in [0.2, 0.25) is 10.0 Å². The summed E-state index contributed by atoms with van der Waals surface area (Å²) in [5, 5.41) is 3.58. The summed E-state index contributed by atoms with van der Waals surface area (Å²) < 4.78 is 4.97. The molecule has 4 nitrogen and oxygen atoms in total. The van der Waals surface area contributed by atoms with Crippen molar-refractivity contribution in [1.82, 2.24) is 0 Å². The van der Waals surface area contributed by atoms with Crippen LogP contribution in [0.1, 0.15) is 0 Å². The van der Waals surface area contributed by atoms with E-state index >= 15 is 0 Å². The van der Waals surface area contributed by atoms with Gasteiger partial charge in [0, 0.05) is 6.07 Å². The molecule has 0 aromatic heterocycles. The van der Waals surface area contributed by atoms with Gasteiger partial charge in [0.15, 0.2) is 0 Å². The monoisotopic (exact) mass is 248 g/mol. The Balaban J connectivity index is 2.90. The second-order valence-corrected chi connectivity index (χ2v) is 3.60. The minimum absolute atomic E-state index is 0.00236. The molecule has 0 unspecified atom stereocenters. The van der Waals surface area contributed by atoms with E-state index in [0.29, 0.717) is 21.5 Å². The van der Waals surface area contributed by atoms with Crippen LogP contribution in [0.15, 0.2) is 12.1 Å². The van der Waals surface area contributed by atoms with Gasteiger partial charge in [-0.05, 0) is 6.07 Å². The number of halogens is 2. The van der Waals surface area contributed by atoms with Crippen molar-refractivity contribution >= 4 is 34.8 Å². The van der Waals surface area contributed by atoms with Gasteiger partial charge >= 0.3 is 0 Å². The first-order valence-corrected chi connectivity index (χ1v) is 4.85. The second-order valence-electron chi connectivity index (χ2n) is 2.79. The summed E-state index contributed by atoms with van der Waals surface area (Å²) >= 11 is 11.8. The molecular weight excluding hydrogens is 239 g/mol. The van der Waals surface area contributed by atoms with E-state index in [1.807, 2.05) is 0 Å². The Morgan fingerprint density at radius 1 is 1.47 bits per heavy atom. The van der Waals surface area contributed by atoms with Crippen molar-refractivity contribution in [2.45, 2.75) is 0 Å². The van der Waals surface area contributed by atoms with Crippen molar-refractivity contribution < 1.29 is 9.53 Å². The maximum atomic E-state index is 10.6. The van der Waals surface area contributed by atoms with Gasteiger partial charge in [-0.25, -0.2) is 0 Å². The maximum absolute atomic E-state index is 10.6. The number of carbonyl (C=O) groups is 1. The molecule has 3 N–H and O–H groups in total. The highest BCUT2D eigenvalue weighted by molar-refractivity contribution is 6.36. The minimum atomic E-state index is -0.474. The predicted octanol–water partition coefficient (Wildman–Crippen LogP) is 1.90. The summed E-state index contributed by atoms with van der Waals surface area (Å²) in [7, 11) is 1.49. The molecule has 0 aliphatic rings. The van der Waals surface area contributed by atoms with Gasteiger partial charge in [0.1, 0.15) is 5.75 Å². The van der Waals surface area contributed by atoms with Gasteiger partial charge in [-0.1, -0.05) is 23.2 Å². The zero-order chi connectivity index (χ0) is 11.4. The molecule has 0 aliphatic carbocycles. The third kappa shape index (κ3) is 3.18. The molecule has 0 spiro atoms. The summed E-state index contributed by atoms with van der Waals surface area (Å²) in [4.78, 5) is 10.6. The highest BCUT2D eigenvalue weighted by atomic mass is 35.5. The minimum Gasteiger partial charge on any atom is -0.495 e. The molecule has 0 saturated carbocycles. The number of anilines is 1. The van der Waals surface area contributed by atoms with Gasteiger partial charge in [0.05, 0.1) is 29.4 Å². The fourth-order valence-electron chi connectivity index (χ4n) is 1.00. The molecule has 0 bridgehead atoms. The number of nitrogens with two attached hydrogens (primary N) is 1. The molecule has 15 heavy (non-hydrogen) atoms. The van der Waals surface area contributed by atoms with Crippen LogP contribution in [0.3, 0.4) is 0 Å². The van der Waals surface area contributed by atoms with E-state index in [1.165, 1.54) is 7.11 Å². The zero-order valence-corrected chi connectivity index (χ0v) is 9.52. The third-order valence-electron chi connectivity index (χ3n) is 1.69. The highest BCUT2D eigenvalue weighted by Gasteiger charge is 2.07. The van der Waals surface area contributed by atoms with Gasteiger partial charge in [-0.3, -0.25) is 4.79 Å². The number of amides is 1. The Hall–Kier alpha value is -1.13. The average Bonchev–Trinajstić information content (AvgIpc) is 2.18. The Morgan fingerprint density at radius 3 is 2.67 bits per heavy atom. The number of hydrogen-bond donors (Lipinski definition) is 2. The molecule has 0 aliphatic heterocycles. The Morgan fingerprint density at radius 2 is 2.13 bits per heavy atom. The van der Waals surface area contributed by atoms with Crippen LogP contribution in [-0.2, 0) is 4.79 Å². The lowest BCUT2D eigenvalue weighted by Crippen LogP contribution is -2.21. The smallest absolute Gasteiger partial charge is 0.236 e. The lowest BCUT2D eigenvalue weighted by Gasteiger charge is -2.09. The molecule has 0 heterocycles. The lowest BCUT2D eigenvalue weighted by molar-refractivity contribution is -0.116. The third-order valence-corrected chi connectivity index (χ3v) is 2.30. The maximum Gasteiger partial charge on any atom is 0.236 e. The van der Waals surface area contributed by atoms with E-state index in [9.17, 15) is 4.79 Å². The SMILES string of the molecule is COc1cc(Cl)c(NCC(N)=O)cc1Cl. The highest BCUT2D eigenvalue weighted by Crippen LogP contribution is 2.33. The number of primary amides is 1. The molecule has 82 valence electrons. The summed E-state index contributed by atoms with van der Waals surface area (Å²) in [5.74, 6) is 0.00398. The molecule has 0 fully saturated rings. The van der Waals surface area contributed by atoms with Crippen LogP contribution in [0, 0.1) is 0 Å². The second kappa shape index (κ2) is 5.09. The molecule has 6 heteroatoms. The fourth-order valence-corrected chi connectivity index (χ4v) is 1.46. The van der Waals surface area contributed by atoms with E-state index in [0.717, 1.165) is 0 Å². The van der Waals surface area contributed by atoms with Crippen molar-refractivity contribution in [3.8, 4) is 5.75 Å². The molecule has 1 aromatic carbocycles. The van der Waals surface area contributed by atoms with Gasteiger partial charge in [-0.2, -0.15) is 0 Å². The van der Waals surface area contributed by atoms with Crippen molar-refractivity contribution in [2.75, 3.05) is 19.0 Å². The van der Waals surface area contributed by atoms with Gasteiger partial charge in [0.25, 0.3) is 0 Å². The van der Waals surface area contributed by atoms with Crippen LogP contribution in [0.5, 0.6) is 5.75 Å². The number of nitrogens with one attached hydrogen (secondary N) is 1. The zero-order valence-electron chi connectivity index (χ0n) is 8.01. The summed E-state index contributed by atoms with van der Waals surface area (Å²) in [5.41, 5.74) is 5.53. The van der Waals surface area contributed by atoms with Crippen molar-refractivity contribution in [3.63, 3.8) is 0 Å². The molecule has 1 aromatic rings. The van der Waals surface area contributed by atoms with E-state index in [2.05, 4.69) is 5.32 Å². The van der Waals surface area contributed by atoms with Crippen LogP contribution in [0.4, 0.5) is 5.69 Å². The number of ether oxygens (including phenoxy) is 1. The van der Waals surface area contributed by atoms with Gasteiger partial charge in [-0.15, -0.1) is 0 Å². The first-order chi connectivity index (χ1) is 7.04. The predicted molar refractivity (Wildman–Crippen MR) is 60.7 cm³/mol.